The monoisotopic (exact) mass is 282 g/mol. The second-order valence-corrected chi connectivity index (χ2v) is 3.90. The van der Waals surface area contributed by atoms with Crippen LogP contribution in [0.25, 0.3) is 0 Å². The second kappa shape index (κ2) is 5.20. The summed E-state index contributed by atoms with van der Waals surface area (Å²) >= 11 is 0. The molecule has 0 bridgehead atoms. The van der Waals surface area contributed by atoms with E-state index in [1.807, 2.05) is 0 Å². The van der Waals surface area contributed by atoms with Crippen molar-refractivity contribution in [3.05, 3.63) is 53.7 Å². The molecule has 0 fully saturated rings. The van der Waals surface area contributed by atoms with Crippen LogP contribution >= 0.6 is 0 Å². The largest absolute Gasteiger partial charge is 0.478 e. The van der Waals surface area contributed by atoms with Gasteiger partial charge in [0.05, 0.1) is 11.1 Å². The minimum absolute atomic E-state index is 0.0487. The summed E-state index contributed by atoms with van der Waals surface area (Å²) in [5, 5.41) is 11.3. The number of hydrogen-bond donors (Lipinski definition) is 2. The first-order valence-electron chi connectivity index (χ1n) is 5.50. The number of carboxylic acids is 1. The van der Waals surface area contributed by atoms with Gasteiger partial charge in [-0.25, -0.2) is 9.78 Å². The summed E-state index contributed by atoms with van der Waals surface area (Å²) in [6.45, 7) is 0. The molecule has 0 unspecified atom stereocenters. The van der Waals surface area contributed by atoms with Crippen molar-refractivity contribution < 1.29 is 23.1 Å². The molecule has 2 N–H and O–H groups in total. The van der Waals surface area contributed by atoms with Gasteiger partial charge in [-0.15, -0.1) is 0 Å². The molecular formula is C13H9F3N2O2. The third kappa shape index (κ3) is 3.05. The molecule has 0 aliphatic rings. The minimum Gasteiger partial charge on any atom is -0.478 e. The van der Waals surface area contributed by atoms with Crippen molar-refractivity contribution >= 4 is 17.5 Å². The molecule has 0 spiro atoms. The van der Waals surface area contributed by atoms with Gasteiger partial charge >= 0.3 is 12.1 Å². The first-order chi connectivity index (χ1) is 9.38. The fourth-order valence-corrected chi connectivity index (χ4v) is 1.57. The Bertz CT molecular complexity index is 624. The quantitative estimate of drug-likeness (QED) is 0.903. The fraction of sp³-hybridized carbons (Fsp3) is 0.0769. The average molecular weight is 282 g/mol. The van der Waals surface area contributed by atoms with Gasteiger partial charge in [-0.2, -0.15) is 13.2 Å². The van der Waals surface area contributed by atoms with Crippen molar-refractivity contribution in [2.24, 2.45) is 0 Å². The third-order valence-electron chi connectivity index (χ3n) is 2.51. The van der Waals surface area contributed by atoms with Crippen molar-refractivity contribution in [2.75, 3.05) is 5.32 Å². The number of aromatic carboxylic acids is 1. The van der Waals surface area contributed by atoms with Crippen LogP contribution in [0, 0.1) is 0 Å². The third-order valence-corrected chi connectivity index (χ3v) is 2.51. The van der Waals surface area contributed by atoms with Crippen LogP contribution in [-0.4, -0.2) is 16.1 Å². The van der Waals surface area contributed by atoms with Gasteiger partial charge in [-0.1, -0.05) is 0 Å². The van der Waals surface area contributed by atoms with E-state index < -0.39 is 17.7 Å². The van der Waals surface area contributed by atoms with Gasteiger partial charge in [0.1, 0.15) is 5.82 Å². The molecule has 0 saturated carbocycles. The van der Waals surface area contributed by atoms with E-state index in [4.69, 9.17) is 5.11 Å². The topological polar surface area (TPSA) is 62.2 Å². The summed E-state index contributed by atoms with van der Waals surface area (Å²) in [5.41, 5.74) is -0.519. The van der Waals surface area contributed by atoms with Gasteiger partial charge in [-0.3, -0.25) is 0 Å². The molecule has 1 heterocycles. The van der Waals surface area contributed by atoms with Crippen LogP contribution < -0.4 is 5.32 Å². The number of carbonyl (C=O) groups is 1. The molecule has 4 nitrogen and oxygen atoms in total. The highest BCUT2D eigenvalue weighted by molar-refractivity contribution is 5.88. The van der Waals surface area contributed by atoms with Gasteiger partial charge in [0.2, 0.25) is 0 Å². The van der Waals surface area contributed by atoms with E-state index in [1.54, 1.807) is 0 Å². The number of halogens is 3. The van der Waals surface area contributed by atoms with E-state index >= 15 is 0 Å². The Kier molecular flexibility index (Phi) is 3.60. The molecule has 7 heteroatoms. The molecule has 0 atom stereocenters. The maximum Gasteiger partial charge on any atom is 0.419 e. The van der Waals surface area contributed by atoms with Gasteiger partial charge in [0.25, 0.3) is 0 Å². The molecule has 1 aromatic carbocycles. The number of pyridine rings is 1. The first kappa shape index (κ1) is 13.9. The van der Waals surface area contributed by atoms with Crippen LogP contribution in [0.1, 0.15) is 15.9 Å². The van der Waals surface area contributed by atoms with Crippen molar-refractivity contribution in [2.45, 2.75) is 6.18 Å². The molecule has 20 heavy (non-hydrogen) atoms. The Hall–Kier alpha value is -2.57. The van der Waals surface area contributed by atoms with E-state index in [0.29, 0.717) is 5.69 Å². The van der Waals surface area contributed by atoms with Crippen molar-refractivity contribution in [1.82, 2.24) is 4.98 Å². The Balaban J connectivity index is 2.28. The summed E-state index contributed by atoms with van der Waals surface area (Å²) in [6.07, 6.45) is -3.28. The zero-order valence-corrected chi connectivity index (χ0v) is 9.98. The number of alkyl halides is 3. The fourth-order valence-electron chi connectivity index (χ4n) is 1.57. The lowest BCUT2D eigenvalue weighted by Gasteiger charge is -2.13. The Morgan fingerprint density at radius 3 is 2.35 bits per heavy atom. The molecule has 0 aliphatic carbocycles. The SMILES string of the molecule is O=C(O)c1ccc(Nc2ncccc2C(F)(F)F)cc1. The Morgan fingerprint density at radius 1 is 1.15 bits per heavy atom. The summed E-state index contributed by atoms with van der Waals surface area (Å²) < 4.78 is 38.3. The lowest BCUT2D eigenvalue weighted by molar-refractivity contribution is -0.137. The predicted octanol–water partition coefficient (Wildman–Crippen LogP) is 3.54. The lowest BCUT2D eigenvalue weighted by Crippen LogP contribution is -2.10. The van der Waals surface area contributed by atoms with Crippen LogP contribution in [-0.2, 0) is 6.18 Å². The molecule has 0 radical (unpaired) electrons. The van der Waals surface area contributed by atoms with Gasteiger partial charge in [0.15, 0.2) is 0 Å². The normalized spacial score (nSPS) is 11.2. The average Bonchev–Trinajstić information content (AvgIpc) is 2.38. The van der Waals surface area contributed by atoms with Gasteiger partial charge in [-0.05, 0) is 36.4 Å². The van der Waals surface area contributed by atoms with E-state index in [-0.39, 0.29) is 11.4 Å². The lowest BCUT2D eigenvalue weighted by atomic mass is 10.2. The highest BCUT2D eigenvalue weighted by Crippen LogP contribution is 2.34. The standard InChI is InChI=1S/C13H9F3N2O2/c14-13(15,16)10-2-1-7-17-11(10)18-9-5-3-8(4-6-9)12(19)20/h1-7H,(H,17,18)(H,19,20). The smallest absolute Gasteiger partial charge is 0.419 e. The molecule has 2 aromatic rings. The maximum absolute atomic E-state index is 12.8. The highest BCUT2D eigenvalue weighted by atomic mass is 19.4. The van der Waals surface area contributed by atoms with Crippen LogP contribution in [0.5, 0.6) is 0 Å². The summed E-state index contributed by atoms with van der Waals surface area (Å²) in [6, 6.07) is 7.45. The van der Waals surface area contributed by atoms with Crippen LogP contribution in [0.4, 0.5) is 24.7 Å². The molecule has 2 rings (SSSR count). The summed E-state index contributed by atoms with van der Waals surface area (Å²) in [4.78, 5) is 14.3. The van der Waals surface area contributed by atoms with Crippen molar-refractivity contribution in [3.63, 3.8) is 0 Å². The number of rotatable bonds is 3. The summed E-state index contributed by atoms with van der Waals surface area (Å²) in [7, 11) is 0. The van der Waals surface area contributed by atoms with E-state index in [9.17, 15) is 18.0 Å². The van der Waals surface area contributed by atoms with Crippen molar-refractivity contribution in [3.8, 4) is 0 Å². The molecule has 0 saturated heterocycles. The number of benzene rings is 1. The number of hydrogen-bond acceptors (Lipinski definition) is 3. The molecule has 104 valence electrons. The molecular weight excluding hydrogens is 273 g/mol. The van der Waals surface area contributed by atoms with E-state index in [0.717, 1.165) is 6.07 Å². The van der Waals surface area contributed by atoms with Gasteiger partial charge in [0, 0.05) is 11.9 Å². The van der Waals surface area contributed by atoms with Gasteiger partial charge < -0.3 is 10.4 Å². The highest BCUT2D eigenvalue weighted by Gasteiger charge is 2.34. The molecule has 0 amide bonds. The zero-order valence-electron chi connectivity index (χ0n) is 9.98. The Morgan fingerprint density at radius 2 is 1.80 bits per heavy atom. The van der Waals surface area contributed by atoms with Crippen LogP contribution in [0.3, 0.4) is 0 Å². The number of nitrogens with zero attached hydrogens (tertiary/aromatic N) is 1. The van der Waals surface area contributed by atoms with Crippen molar-refractivity contribution in [1.29, 1.82) is 0 Å². The minimum atomic E-state index is -4.52. The predicted molar refractivity (Wildman–Crippen MR) is 65.9 cm³/mol. The Labute approximate surface area is 111 Å². The van der Waals surface area contributed by atoms with Crippen LogP contribution in [0.2, 0.25) is 0 Å². The molecule has 0 aliphatic heterocycles. The number of carboxylic acid groups (broad SMARTS) is 1. The van der Waals surface area contributed by atoms with E-state index in [2.05, 4.69) is 10.3 Å². The number of nitrogens with one attached hydrogen (secondary N) is 1. The number of anilines is 2. The second-order valence-electron chi connectivity index (χ2n) is 3.90. The first-order valence-corrected chi connectivity index (χ1v) is 5.50. The van der Waals surface area contributed by atoms with E-state index in [1.165, 1.54) is 36.5 Å². The molecule has 1 aromatic heterocycles. The summed E-state index contributed by atoms with van der Waals surface area (Å²) in [5.74, 6) is -1.44. The number of aromatic nitrogens is 1. The van der Waals surface area contributed by atoms with Crippen LogP contribution in [0.15, 0.2) is 42.6 Å². The zero-order chi connectivity index (χ0) is 14.8. The maximum atomic E-state index is 12.8.